The third kappa shape index (κ3) is 5.11. The zero-order valence-electron chi connectivity index (χ0n) is 14.0. The van der Waals surface area contributed by atoms with Crippen molar-refractivity contribution in [1.29, 1.82) is 0 Å². The first-order valence-corrected chi connectivity index (χ1v) is 8.51. The van der Waals surface area contributed by atoms with Gasteiger partial charge in [-0.05, 0) is 6.92 Å². The minimum Gasteiger partial charge on any atom is -1.00 e. The summed E-state index contributed by atoms with van der Waals surface area (Å²) in [4.78, 5) is 16.6. The van der Waals surface area contributed by atoms with Gasteiger partial charge in [0, 0.05) is 28.6 Å². The predicted octanol–water partition coefficient (Wildman–Crippen LogP) is -0.143. The lowest BCUT2D eigenvalue weighted by Gasteiger charge is -2.00. The van der Waals surface area contributed by atoms with Crippen LogP contribution in [0.1, 0.15) is 11.1 Å². The van der Waals surface area contributed by atoms with E-state index in [2.05, 4.69) is 15.5 Å². The molecule has 0 aliphatic rings. The second kappa shape index (κ2) is 9.07. The Balaban J connectivity index is 0.00000243. The van der Waals surface area contributed by atoms with E-state index in [9.17, 15) is 4.79 Å². The average molecular weight is 389 g/mol. The summed E-state index contributed by atoms with van der Waals surface area (Å²) in [6.07, 6.45) is 4.82. The van der Waals surface area contributed by atoms with Gasteiger partial charge in [0.05, 0.1) is 11.9 Å². The van der Waals surface area contributed by atoms with Gasteiger partial charge in [-0.3, -0.25) is 10.1 Å². The number of aromatic nitrogens is 2. The lowest BCUT2D eigenvalue weighted by Crippen LogP contribution is -3.00. The molecule has 3 aromatic rings. The third-order valence-electron chi connectivity index (χ3n) is 3.55. The largest absolute Gasteiger partial charge is 1.00 e. The fourth-order valence-electron chi connectivity index (χ4n) is 2.24. The molecule has 8 heteroatoms. The van der Waals surface area contributed by atoms with Crippen LogP contribution in [0.25, 0.3) is 11.3 Å². The van der Waals surface area contributed by atoms with Crippen LogP contribution in [0.4, 0.5) is 5.13 Å². The van der Waals surface area contributed by atoms with Gasteiger partial charge in [0.25, 0.3) is 5.91 Å². The summed E-state index contributed by atoms with van der Waals surface area (Å²) >= 11 is 1.40. The second-order valence-corrected chi connectivity index (χ2v) is 6.36. The quantitative estimate of drug-likeness (QED) is 0.276. The van der Waals surface area contributed by atoms with Crippen molar-refractivity contribution in [3.63, 3.8) is 0 Å². The average Bonchev–Trinajstić information content (AvgIpc) is 3.06. The van der Waals surface area contributed by atoms with Gasteiger partial charge in [-0.2, -0.15) is 4.57 Å². The lowest BCUT2D eigenvalue weighted by molar-refractivity contribution is -0.684. The van der Waals surface area contributed by atoms with E-state index >= 15 is 0 Å². The van der Waals surface area contributed by atoms with Crippen LogP contribution in [0.2, 0.25) is 0 Å². The molecule has 2 aromatic heterocycles. The molecule has 2 N–H and O–H groups in total. The molecule has 2 heterocycles. The van der Waals surface area contributed by atoms with E-state index < -0.39 is 0 Å². The number of thiazole rings is 1. The summed E-state index contributed by atoms with van der Waals surface area (Å²) in [6.45, 7) is 2.22. The normalized spacial score (nSPS) is 10.5. The number of hydrogen-bond donors (Lipinski definition) is 2. The molecule has 0 spiro atoms. The molecule has 0 fully saturated rings. The minimum atomic E-state index is -0.154. The monoisotopic (exact) mass is 388 g/mol. The SMILES string of the molecule is Cc1ccc(-c2csc(NC(=O)C[n+]3ccc(/C=N/O)cc3)n2)cc1.[Cl-]. The topological polar surface area (TPSA) is 78.5 Å². The van der Waals surface area contributed by atoms with Gasteiger partial charge in [0.15, 0.2) is 17.5 Å². The first kappa shape index (κ1) is 19.6. The Kier molecular flexibility index (Phi) is 6.82. The summed E-state index contributed by atoms with van der Waals surface area (Å²) in [5, 5.41) is 16.8. The van der Waals surface area contributed by atoms with Crippen LogP contribution in [0.5, 0.6) is 0 Å². The Morgan fingerprint density at radius 2 is 1.96 bits per heavy atom. The summed E-state index contributed by atoms with van der Waals surface area (Å²) in [5.74, 6) is -0.154. The predicted molar refractivity (Wildman–Crippen MR) is 96.9 cm³/mol. The molecule has 0 unspecified atom stereocenters. The highest BCUT2D eigenvalue weighted by Gasteiger charge is 2.12. The van der Waals surface area contributed by atoms with Crippen molar-refractivity contribution in [3.05, 3.63) is 65.3 Å². The van der Waals surface area contributed by atoms with E-state index in [0.717, 1.165) is 16.8 Å². The van der Waals surface area contributed by atoms with Crippen LogP contribution in [0.15, 0.2) is 59.3 Å². The van der Waals surface area contributed by atoms with Crippen molar-refractivity contribution in [1.82, 2.24) is 4.98 Å². The van der Waals surface area contributed by atoms with Crippen molar-refractivity contribution >= 4 is 28.6 Å². The maximum absolute atomic E-state index is 12.2. The number of aryl methyl sites for hydroxylation is 1. The summed E-state index contributed by atoms with van der Waals surface area (Å²) in [7, 11) is 0. The van der Waals surface area contributed by atoms with Crippen LogP contribution < -0.4 is 22.3 Å². The Morgan fingerprint density at radius 3 is 2.62 bits per heavy atom. The number of carbonyl (C=O) groups excluding carboxylic acids is 1. The molecule has 0 bridgehead atoms. The molecule has 0 saturated heterocycles. The van der Waals surface area contributed by atoms with Gasteiger partial charge >= 0.3 is 0 Å². The van der Waals surface area contributed by atoms with E-state index in [1.165, 1.54) is 23.1 Å². The number of hydrogen-bond acceptors (Lipinski definition) is 5. The van der Waals surface area contributed by atoms with E-state index in [1.54, 1.807) is 29.1 Å². The van der Waals surface area contributed by atoms with Crippen LogP contribution in [-0.4, -0.2) is 22.3 Å². The lowest BCUT2D eigenvalue weighted by atomic mass is 10.1. The zero-order chi connectivity index (χ0) is 17.6. The van der Waals surface area contributed by atoms with Crippen molar-refractivity contribution in [2.75, 3.05) is 5.32 Å². The maximum atomic E-state index is 12.2. The molecule has 0 aliphatic carbocycles. The van der Waals surface area contributed by atoms with E-state index in [-0.39, 0.29) is 24.9 Å². The first-order chi connectivity index (χ1) is 12.1. The Morgan fingerprint density at radius 1 is 1.27 bits per heavy atom. The number of halogens is 1. The van der Waals surface area contributed by atoms with Gasteiger partial charge in [-0.25, -0.2) is 4.98 Å². The molecule has 0 atom stereocenters. The standard InChI is InChI=1S/C18H16N4O2S.ClH/c1-13-2-4-15(5-3-13)16-12-25-18(20-16)21-17(23)11-22-8-6-14(7-9-22)10-19-24;/h2-10,12H,11H2,1H3,(H,20,21,23);1H. The van der Waals surface area contributed by atoms with Gasteiger partial charge in [-0.15, -0.1) is 11.3 Å². The number of benzene rings is 1. The van der Waals surface area contributed by atoms with E-state index in [4.69, 9.17) is 5.21 Å². The van der Waals surface area contributed by atoms with Gasteiger partial charge in [-0.1, -0.05) is 35.0 Å². The molecule has 6 nitrogen and oxygen atoms in total. The Bertz CT molecular complexity index is 892. The smallest absolute Gasteiger partial charge is 0.292 e. The van der Waals surface area contributed by atoms with Crippen LogP contribution in [0, 0.1) is 6.92 Å². The van der Waals surface area contributed by atoms with Crippen molar-refractivity contribution in [3.8, 4) is 11.3 Å². The van der Waals surface area contributed by atoms with Crippen LogP contribution >= 0.6 is 11.3 Å². The Hall–Kier alpha value is -2.77. The third-order valence-corrected chi connectivity index (χ3v) is 4.31. The van der Waals surface area contributed by atoms with Gasteiger partial charge < -0.3 is 17.6 Å². The number of pyridine rings is 1. The van der Waals surface area contributed by atoms with Crippen molar-refractivity contribution < 1.29 is 27.0 Å². The van der Waals surface area contributed by atoms with Crippen LogP contribution in [0.3, 0.4) is 0 Å². The minimum absolute atomic E-state index is 0. The molecule has 0 radical (unpaired) electrons. The number of oxime groups is 1. The molecule has 1 amide bonds. The highest BCUT2D eigenvalue weighted by molar-refractivity contribution is 7.14. The summed E-state index contributed by atoms with van der Waals surface area (Å²) < 4.78 is 1.73. The van der Waals surface area contributed by atoms with E-state index in [1.807, 2.05) is 36.6 Å². The fourth-order valence-corrected chi connectivity index (χ4v) is 2.98. The number of carbonyl (C=O) groups is 1. The van der Waals surface area contributed by atoms with E-state index in [0.29, 0.717) is 5.13 Å². The van der Waals surface area contributed by atoms with Gasteiger partial charge in [0.2, 0.25) is 6.54 Å². The summed E-state index contributed by atoms with van der Waals surface area (Å²) in [6, 6.07) is 11.6. The van der Waals surface area contributed by atoms with Crippen molar-refractivity contribution in [2.45, 2.75) is 13.5 Å². The maximum Gasteiger partial charge on any atom is 0.292 e. The Labute approximate surface area is 161 Å². The molecule has 0 saturated carbocycles. The zero-order valence-corrected chi connectivity index (χ0v) is 15.5. The highest BCUT2D eigenvalue weighted by Crippen LogP contribution is 2.24. The summed E-state index contributed by atoms with van der Waals surface area (Å²) in [5.41, 5.74) is 3.82. The molecule has 3 rings (SSSR count). The van der Waals surface area contributed by atoms with Crippen LogP contribution in [-0.2, 0) is 11.3 Å². The number of amides is 1. The molecule has 26 heavy (non-hydrogen) atoms. The molecular weight excluding hydrogens is 372 g/mol. The van der Waals surface area contributed by atoms with Gasteiger partial charge in [0.1, 0.15) is 0 Å². The molecule has 134 valence electrons. The highest BCUT2D eigenvalue weighted by atomic mass is 35.5. The number of rotatable bonds is 5. The first-order valence-electron chi connectivity index (χ1n) is 7.63. The molecule has 1 aromatic carbocycles. The van der Waals surface area contributed by atoms with Crippen molar-refractivity contribution in [2.24, 2.45) is 5.16 Å². The number of anilines is 1. The molecule has 0 aliphatic heterocycles. The number of nitrogens with one attached hydrogen (secondary N) is 1. The second-order valence-electron chi connectivity index (χ2n) is 5.50. The molecular formula is C18H17ClN4O2S. The fraction of sp³-hybridized carbons (Fsp3) is 0.111. The number of nitrogens with zero attached hydrogens (tertiary/aromatic N) is 3.